The van der Waals surface area contributed by atoms with E-state index in [4.69, 9.17) is 4.74 Å². The predicted molar refractivity (Wildman–Crippen MR) is 73.3 cm³/mol. The van der Waals surface area contributed by atoms with Crippen molar-refractivity contribution in [2.45, 2.75) is 53.4 Å². The van der Waals surface area contributed by atoms with Crippen molar-refractivity contribution in [3.05, 3.63) is 12.2 Å². The van der Waals surface area contributed by atoms with Crippen LogP contribution in [0.3, 0.4) is 0 Å². The van der Waals surface area contributed by atoms with E-state index in [0.29, 0.717) is 25.2 Å². The van der Waals surface area contributed by atoms with E-state index in [1.165, 1.54) is 0 Å². The first kappa shape index (κ1) is 16.9. The SMILES string of the molecule is C.CC/C=C/CC1C(=O)CCC1CC(=O)OCC. The summed E-state index contributed by atoms with van der Waals surface area (Å²) >= 11 is 0. The van der Waals surface area contributed by atoms with Crippen molar-refractivity contribution < 1.29 is 14.3 Å². The van der Waals surface area contributed by atoms with Gasteiger partial charge in [0.1, 0.15) is 5.78 Å². The lowest BCUT2D eigenvalue weighted by molar-refractivity contribution is -0.144. The molecule has 3 nitrogen and oxygen atoms in total. The molecular formula is C15H26O3. The van der Waals surface area contributed by atoms with E-state index in [0.717, 1.165) is 19.3 Å². The quantitative estimate of drug-likeness (QED) is 0.538. The molecule has 104 valence electrons. The number of ether oxygens (including phenoxy) is 1. The van der Waals surface area contributed by atoms with Crippen LogP contribution in [0.4, 0.5) is 0 Å². The van der Waals surface area contributed by atoms with Crippen LogP contribution >= 0.6 is 0 Å². The number of Topliss-reactive ketones (excluding diaryl/α,β-unsaturated/α-hetero) is 1. The molecule has 18 heavy (non-hydrogen) atoms. The lowest BCUT2D eigenvalue weighted by Gasteiger charge is -2.15. The van der Waals surface area contributed by atoms with Gasteiger partial charge in [0, 0.05) is 18.8 Å². The van der Waals surface area contributed by atoms with Gasteiger partial charge in [-0.2, -0.15) is 0 Å². The Hall–Kier alpha value is -1.12. The molecular weight excluding hydrogens is 228 g/mol. The van der Waals surface area contributed by atoms with Crippen LogP contribution in [0.2, 0.25) is 0 Å². The second-order valence-electron chi connectivity index (χ2n) is 4.50. The Morgan fingerprint density at radius 1 is 1.39 bits per heavy atom. The minimum absolute atomic E-state index is 0. The number of rotatable bonds is 6. The maximum absolute atomic E-state index is 11.7. The van der Waals surface area contributed by atoms with E-state index in [1.807, 2.05) is 0 Å². The minimum atomic E-state index is -0.170. The molecule has 0 amide bonds. The number of allylic oxidation sites excluding steroid dienone is 2. The Kier molecular flexibility index (Phi) is 8.34. The number of carbonyl (C=O) groups is 2. The molecule has 0 saturated heterocycles. The summed E-state index contributed by atoms with van der Waals surface area (Å²) in [6.45, 7) is 4.29. The molecule has 1 aliphatic carbocycles. The highest BCUT2D eigenvalue weighted by atomic mass is 16.5. The van der Waals surface area contributed by atoms with Gasteiger partial charge in [-0.25, -0.2) is 0 Å². The fourth-order valence-corrected chi connectivity index (χ4v) is 2.39. The zero-order chi connectivity index (χ0) is 12.7. The van der Waals surface area contributed by atoms with Crippen molar-refractivity contribution in [3.8, 4) is 0 Å². The van der Waals surface area contributed by atoms with E-state index in [1.54, 1.807) is 6.92 Å². The number of esters is 1. The lowest BCUT2D eigenvalue weighted by atomic mass is 9.89. The van der Waals surface area contributed by atoms with Gasteiger partial charge in [0.05, 0.1) is 6.61 Å². The average Bonchev–Trinajstić information content (AvgIpc) is 2.62. The van der Waals surface area contributed by atoms with Gasteiger partial charge >= 0.3 is 5.97 Å². The van der Waals surface area contributed by atoms with Crippen LogP contribution in [0.1, 0.15) is 53.4 Å². The van der Waals surface area contributed by atoms with Crippen LogP contribution in [-0.4, -0.2) is 18.4 Å². The molecule has 1 rings (SSSR count). The Morgan fingerprint density at radius 2 is 2.11 bits per heavy atom. The van der Waals surface area contributed by atoms with Crippen LogP contribution in [0.15, 0.2) is 12.2 Å². The molecule has 1 fully saturated rings. The monoisotopic (exact) mass is 254 g/mol. The van der Waals surface area contributed by atoms with Crippen molar-refractivity contribution >= 4 is 11.8 Å². The molecule has 0 radical (unpaired) electrons. The zero-order valence-electron chi connectivity index (χ0n) is 10.8. The summed E-state index contributed by atoms with van der Waals surface area (Å²) in [5.41, 5.74) is 0. The first-order valence-electron chi connectivity index (χ1n) is 6.52. The summed E-state index contributed by atoms with van der Waals surface area (Å²) < 4.78 is 4.94. The molecule has 3 heteroatoms. The second-order valence-corrected chi connectivity index (χ2v) is 4.50. The maximum Gasteiger partial charge on any atom is 0.306 e. The molecule has 1 saturated carbocycles. The molecule has 0 aromatic carbocycles. The maximum atomic E-state index is 11.7. The highest BCUT2D eigenvalue weighted by Crippen LogP contribution is 2.34. The summed E-state index contributed by atoms with van der Waals surface area (Å²) in [6.07, 6.45) is 7.75. The van der Waals surface area contributed by atoms with Crippen molar-refractivity contribution in [1.29, 1.82) is 0 Å². The van der Waals surface area contributed by atoms with Crippen LogP contribution in [0.5, 0.6) is 0 Å². The Labute approximate surface area is 111 Å². The standard InChI is InChI=1S/C14H22O3.CH4/c1-3-5-6-7-12-11(8-9-13(12)15)10-14(16)17-4-2;/h5-6,11-12H,3-4,7-10H2,1-2H3;1H4/b6-5+;. The highest BCUT2D eigenvalue weighted by Gasteiger charge is 2.35. The van der Waals surface area contributed by atoms with E-state index in [2.05, 4.69) is 19.1 Å². The largest absolute Gasteiger partial charge is 0.466 e. The zero-order valence-corrected chi connectivity index (χ0v) is 10.8. The first-order chi connectivity index (χ1) is 8.19. The molecule has 0 N–H and O–H groups in total. The number of hydrogen-bond donors (Lipinski definition) is 0. The molecule has 1 aliphatic rings. The third kappa shape index (κ3) is 5.03. The van der Waals surface area contributed by atoms with Gasteiger partial charge in [0.15, 0.2) is 0 Å². The molecule has 0 bridgehead atoms. The smallest absolute Gasteiger partial charge is 0.306 e. The molecule has 0 aliphatic heterocycles. The topological polar surface area (TPSA) is 43.4 Å². The molecule has 0 aromatic rings. The van der Waals surface area contributed by atoms with Gasteiger partial charge in [-0.1, -0.05) is 26.5 Å². The Morgan fingerprint density at radius 3 is 2.72 bits per heavy atom. The van der Waals surface area contributed by atoms with E-state index >= 15 is 0 Å². The molecule has 2 atom stereocenters. The summed E-state index contributed by atoms with van der Waals surface area (Å²) in [5.74, 6) is 0.349. The predicted octanol–water partition coefficient (Wildman–Crippen LogP) is 3.53. The molecule has 0 heterocycles. The van der Waals surface area contributed by atoms with Gasteiger partial charge < -0.3 is 4.74 Å². The van der Waals surface area contributed by atoms with Crippen molar-refractivity contribution in [3.63, 3.8) is 0 Å². The second kappa shape index (κ2) is 8.90. The van der Waals surface area contributed by atoms with Crippen LogP contribution in [0.25, 0.3) is 0 Å². The van der Waals surface area contributed by atoms with Gasteiger partial charge in [0.2, 0.25) is 0 Å². The van der Waals surface area contributed by atoms with Crippen molar-refractivity contribution in [2.75, 3.05) is 6.61 Å². The van der Waals surface area contributed by atoms with Gasteiger partial charge in [-0.3, -0.25) is 9.59 Å². The fraction of sp³-hybridized carbons (Fsp3) is 0.733. The summed E-state index contributed by atoms with van der Waals surface area (Å²) in [5, 5.41) is 0. The number of hydrogen-bond acceptors (Lipinski definition) is 3. The van der Waals surface area contributed by atoms with E-state index in [9.17, 15) is 9.59 Å². The average molecular weight is 254 g/mol. The third-order valence-corrected chi connectivity index (χ3v) is 3.27. The van der Waals surface area contributed by atoms with Gasteiger partial charge in [0.25, 0.3) is 0 Å². The van der Waals surface area contributed by atoms with E-state index in [-0.39, 0.29) is 25.2 Å². The van der Waals surface area contributed by atoms with Crippen LogP contribution in [-0.2, 0) is 14.3 Å². The van der Waals surface area contributed by atoms with Crippen molar-refractivity contribution in [1.82, 2.24) is 0 Å². The molecule has 0 spiro atoms. The fourth-order valence-electron chi connectivity index (χ4n) is 2.39. The normalized spacial score (nSPS) is 23.1. The third-order valence-electron chi connectivity index (χ3n) is 3.27. The van der Waals surface area contributed by atoms with E-state index < -0.39 is 0 Å². The summed E-state index contributed by atoms with van der Waals surface area (Å²) in [7, 11) is 0. The van der Waals surface area contributed by atoms with Crippen LogP contribution in [0, 0.1) is 11.8 Å². The first-order valence-corrected chi connectivity index (χ1v) is 6.52. The summed E-state index contributed by atoms with van der Waals surface area (Å²) in [4.78, 5) is 23.2. The Bertz CT molecular complexity index is 294. The van der Waals surface area contributed by atoms with Gasteiger partial charge in [-0.15, -0.1) is 0 Å². The number of carbonyl (C=O) groups excluding carboxylic acids is 2. The Balaban J connectivity index is 0.00000289. The van der Waals surface area contributed by atoms with Crippen molar-refractivity contribution in [2.24, 2.45) is 11.8 Å². The van der Waals surface area contributed by atoms with Gasteiger partial charge in [-0.05, 0) is 32.1 Å². The molecule has 2 unspecified atom stereocenters. The highest BCUT2D eigenvalue weighted by molar-refractivity contribution is 5.84. The summed E-state index contributed by atoms with van der Waals surface area (Å²) in [6, 6.07) is 0. The lowest BCUT2D eigenvalue weighted by Crippen LogP contribution is -2.18. The minimum Gasteiger partial charge on any atom is -0.466 e. The number of ketones is 1. The molecule has 0 aromatic heterocycles. The van der Waals surface area contributed by atoms with Crippen LogP contribution < -0.4 is 0 Å².